The number of hydrogen-bond acceptors (Lipinski definition) is 2. The molecule has 0 radical (unpaired) electrons. The van der Waals surface area contributed by atoms with Crippen molar-refractivity contribution in [2.24, 2.45) is 5.10 Å². The third-order valence-electron chi connectivity index (χ3n) is 6.18. The lowest BCUT2D eigenvalue weighted by Gasteiger charge is -2.19. The maximum atomic E-state index is 4.90. The summed E-state index contributed by atoms with van der Waals surface area (Å²) in [6.07, 6.45) is 3.15. The first-order chi connectivity index (χ1) is 15.4. The fraction of sp³-hybridized carbons (Fsp3) is 0.107. The van der Waals surface area contributed by atoms with Crippen molar-refractivity contribution in [3.05, 3.63) is 108 Å². The zero-order valence-corrected chi connectivity index (χ0v) is 17.3. The van der Waals surface area contributed by atoms with Gasteiger partial charge in [0.15, 0.2) is 0 Å². The Balaban J connectivity index is 1.64. The van der Waals surface area contributed by atoms with Gasteiger partial charge in [0.1, 0.15) is 0 Å². The minimum Gasteiger partial charge on any atom is -0.308 e. The van der Waals surface area contributed by atoms with E-state index < -0.39 is 0 Å². The SMILES string of the molecule is c1ccc(NN=C2CCCc3c2n(-c2ccccc2)c2ccc4ccccc4c32)cc1. The fourth-order valence-electron chi connectivity index (χ4n) is 4.83. The first-order valence-corrected chi connectivity index (χ1v) is 10.9. The molecule has 0 bridgehead atoms. The average Bonchev–Trinajstić information content (AvgIpc) is 3.19. The molecule has 0 saturated heterocycles. The van der Waals surface area contributed by atoms with Crippen molar-refractivity contribution in [3.63, 3.8) is 0 Å². The highest BCUT2D eigenvalue weighted by atomic mass is 15.3. The number of aryl methyl sites for hydroxylation is 1. The van der Waals surface area contributed by atoms with E-state index in [9.17, 15) is 0 Å². The predicted octanol–water partition coefficient (Wildman–Crippen LogP) is 6.94. The molecule has 0 amide bonds. The van der Waals surface area contributed by atoms with Crippen molar-refractivity contribution < 1.29 is 0 Å². The van der Waals surface area contributed by atoms with Crippen LogP contribution in [0.5, 0.6) is 0 Å². The van der Waals surface area contributed by atoms with Crippen LogP contribution in [0.2, 0.25) is 0 Å². The van der Waals surface area contributed by atoms with E-state index in [1.165, 1.54) is 38.6 Å². The molecular formula is C28H23N3. The van der Waals surface area contributed by atoms with E-state index >= 15 is 0 Å². The number of para-hydroxylation sites is 2. The van der Waals surface area contributed by atoms with Gasteiger partial charge < -0.3 is 4.57 Å². The van der Waals surface area contributed by atoms with Gasteiger partial charge in [-0.15, -0.1) is 0 Å². The van der Waals surface area contributed by atoms with Gasteiger partial charge in [-0.2, -0.15) is 5.10 Å². The number of nitrogens with one attached hydrogen (secondary N) is 1. The first kappa shape index (κ1) is 18.0. The minimum atomic E-state index is 0.966. The van der Waals surface area contributed by atoms with Crippen LogP contribution in [-0.4, -0.2) is 10.3 Å². The van der Waals surface area contributed by atoms with Crippen LogP contribution in [-0.2, 0) is 6.42 Å². The standard InChI is InChI=1S/C28H23N3/c1-3-11-21(12-4-1)29-30-25-17-9-16-24-27-23-15-8-7-10-20(23)18-19-26(27)31(28(24)25)22-13-5-2-6-14-22/h1-8,10-15,18-19,29H,9,16-17H2. The van der Waals surface area contributed by atoms with Crippen LogP contribution in [0.4, 0.5) is 5.69 Å². The van der Waals surface area contributed by atoms with Crippen molar-refractivity contribution in [1.29, 1.82) is 0 Å². The van der Waals surface area contributed by atoms with Gasteiger partial charge in [0.25, 0.3) is 0 Å². The Kier molecular flexibility index (Phi) is 4.31. The van der Waals surface area contributed by atoms with Crippen LogP contribution < -0.4 is 5.43 Å². The van der Waals surface area contributed by atoms with Gasteiger partial charge in [-0.05, 0) is 65.9 Å². The van der Waals surface area contributed by atoms with Crippen LogP contribution in [0.1, 0.15) is 24.1 Å². The second-order valence-electron chi connectivity index (χ2n) is 8.07. The number of benzene rings is 4. The Labute approximate surface area is 181 Å². The maximum absolute atomic E-state index is 4.90. The van der Waals surface area contributed by atoms with E-state index in [-0.39, 0.29) is 0 Å². The molecule has 1 aliphatic rings. The van der Waals surface area contributed by atoms with Crippen molar-refractivity contribution >= 4 is 33.1 Å². The first-order valence-electron chi connectivity index (χ1n) is 10.9. The largest absolute Gasteiger partial charge is 0.308 e. The summed E-state index contributed by atoms with van der Waals surface area (Å²) in [5.74, 6) is 0. The van der Waals surface area contributed by atoms with Gasteiger partial charge in [-0.25, -0.2) is 0 Å². The quantitative estimate of drug-likeness (QED) is 0.326. The third-order valence-corrected chi connectivity index (χ3v) is 6.18. The van der Waals surface area contributed by atoms with Gasteiger partial charge in [0.05, 0.1) is 22.6 Å². The van der Waals surface area contributed by atoms with E-state index in [0.29, 0.717) is 0 Å². The normalized spacial score (nSPS) is 14.8. The fourth-order valence-corrected chi connectivity index (χ4v) is 4.83. The number of aromatic nitrogens is 1. The molecule has 4 aromatic carbocycles. The van der Waals surface area contributed by atoms with Gasteiger partial charge in [0, 0.05) is 11.1 Å². The lowest BCUT2D eigenvalue weighted by Crippen LogP contribution is -2.17. The van der Waals surface area contributed by atoms with Crippen LogP contribution in [0, 0.1) is 0 Å². The number of nitrogens with zero attached hydrogens (tertiary/aromatic N) is 2. The molecule has 0 spiro atoms. The Bertz CT molecular complexity index is 1410. The lowest BCUT2D eigenvalue weighted by atomic mass is 9.92. The summed E-state index contributed by atoms with van der Waals surface area (Å²) in [7, 11) is 0. The average molecular weight is 402 g/mol. The Morgan fingerprint density at radius 1 is 0.710 bits per heavy atom. The van der Waals surface area contributed by atoms with Crippen molar-refractivity contribution in [2.75, 3.05) is 5.43 Å². The Morgan fingerprint density at radius 2 is 1.45 bits per heavy atom. The zero-order chi connectivity index (χ0) is 20.6. The molecular weight excluding hydrogens is 378 g/mol. The topological polar surface area (TPSA) is 29.3 Å². The van der Waals surface area contributed by atoms with Crippen LogP contribution in [0.3, 0.4) is 0 Å². The summed E-state index contributed by atoms with van der Waals surface area (Å²) in [5, 5.41) is 8.88. The van der Waals surface area contributed by atoms with E-state index in [2.05, 4.69) is 76.7 Å². The molecule has 0 aliphatic heterocycles. The molecule has 1 aliphatic carbocycles. The number of anilines is 1. The summed E-state index contributed by atoms with van der Waals surface area (Å²) < 4.78 is 2.40. The second kappa shape index (κ2) is 7.44. The summed E-state index contributed by atoms with van der Waals surface area (Å²) in [5.41, 5.74) is 10.5. The molecule has 3 nitrogen and oxygen atoms in total. The number of rotatable bonds is 3. The Hall–Kier alpha value is -3.85. The predicted molar refractivity (Wildman–Crippen MR) is 130 cm³/mol. The van der Waals surface area contributed by atoms with Crippen LogP contribution in [0.15, 0.2) is 102 Å². The minimum absolute atomic E-state index is 0.966. The molecule has 0 atom stereocenters. The molecule has 1 heterocycles. The number of hydrazone groups is 1. The van der Waals surface area contributed by atoms with Gasteiger partial charge >= 0.3 is 0 Å². The molecule has 1 aromatic heterocycles. The lowest BCUT2D eigenvalue weighted by molar-refractivity contribution is 0.829. The number of fused-ring (bicyclic) bond motifs is 5. The van der Waals surface area contributed by atoms with Crippen LogP contribution in [0.25, 0.3) is 27.4 Å². The van der Waals surface area contributed by atoms with Crippen LogP contribution >= 0.6 is 0 Å². The molecule has 5 aromatic rings. The number of hydrogen-bond donors (Lipinski definition) is 1. The molecule has 1 N–H and O–H groups in total. The van der Waals surface area contributed by atoms with Crippen molar-refractivity contribution in [2.45, 2.75) is 19.3 Å². The van der Waals surface area contributed by atoms with Gasteiger partial charge in [0.2, 0.25) is 0 Å². The molecule has 3 heteroatoms. The molecule has 0 unspecified atom stereocenters. The molecule has 0 saturated carbocycles. The van der Waals surface area contributed by atoms with E-state index in [1.807, 2.05) is 30.3 Å². The van der Waals surface area contributed by atoms with Gasteiger partial charge in [-0.1, -0.05) is 66.7 Å². The Morgan fingerprint density at radius 3 is 2.29 bits per heavy atom. The highest BCUT2D eigenvalue weighted by molar-refractivity contribution is 6.15. The summed E-state index contributed by atoms with van der Waals surface area (Å²) >= 11 is 0. The molecule has 6 rings (SSSR count). The highest BCUT2D eigenvalue weighted by Gasteiger charge is 2.26. The van der Waals surface area contributed by atoms with Crippen molar-refractivity contribution in [1.82, 2.24) is 4.57 Å². The molecule has 31 heavy (non-hydrogen) atoms. The smallest absolute Gasteiger partial charge is 0.0850 e. The second-order valence-corrected chi connectivity index (χ2v) is 8.07. The maximum Gasteiger partial charge on any atom is 0.0850 e. The third kappa shape index (κ3) is 3.01. The van der Waals surface area contributed by atoms with E-state index in [4.69, 9.17) is 5.10 Å². The van der Waals surface area contributed by atoms with Gasteiger partial charge in [-0.3, -0.25) is 5.43 Å². The van der Waals surface area contributed by atoms with Crippen molar-refractivity contribution in [3.8, 4) is 5.69 Å². The summed E-state index contributed by atoms with van der Waals surface area (Å²) in [6, 6.07) is 34.1. The summed E-state index contributed by atoms with van der Waals surface area (Å²) in [6.45, 7) is 0. The summed E-state index contributed by atoms with van der Waals surface area (Å²) in [4.78, 5) is 0. The van der Waals surface area contributed by atoms with E-state index in [0.717, 1.165) is 30.7 Å². The zero-order valence-electron chi connectivity index (χ0n) is 17.3. The molecule has 150 valence electrons. The molecule has 0 fully saturated rings. The monoisotopic (exact) mass is 401 g/mol. The highest BCUT2D eigenvalue weighted by Crippen LogP contribution is 2.38. The van der Waals surface area contributed by atoms with E-state index in [1.54, 1.807) is 0 Å².